The van der Waals surface area contributed by atoms with Crippen molar-refractivity contribution >= 4 is 0 Å². The number of ether oxygens (including phenoxy) is 1. The first-order valence-corrected chi connectivity index (χ1v) is 25.9. The Hall–Kier alpha value is -0.440. The Morgan fingerprint density at radius 3 is 1.00 bits per heavy atom. The quantitative estimate of drug-likeness (QED) is 0.265. The van der Waals surface area contributed by atoms with E-state index in [1.165, 1.54) is 240 Å². The zero-order chi connectivity index (χ0) is 41.0. The molecule has 9 aliphatic rings. The largest absolute Gasteiger partial charge is 0.379 e. The molecular weight excluding hydrogens is 733 g/mol. The van der Waals surface area contributed by atoms with Gasteiger partial charge in [-0.15, -0.1) is 0 Å². The van der Waals surface area contributed by atoms with Crippen molar-refractivity contribution in [2.24, 2.45) is 0 Å². The number of nitrogens with one attached hydrogen (secondary N) is 5. The van der Waals surface area contributed by atoms with Crippen LogP contribution >= 0.6 is 0 Å². The van der Waals surface area contributed by atoms with E-state index in [9.17, 15) is 0 Å². The van der Waals surface area contributed by atoms with Crippen LogP contribution < -0.4 is 26.6 Å². The third-order valence-electron chi connectivity index (χ3n) is 15.0. The minimum Gasteiger partial charge on any atom is -0.379 e. The first-order valence-electron chi connectivity index (χ1n) is 25.9. The molecule has 0 aromatic heterocycles. The van der Waals surface area contributed by atoms with Crippen LogP contribution in [-0.2, 0) is 4.74 Å². The van der Waals surface area contributed by atoms with E-state index in [4.69, 9.17) is 4.74 Å². The number of likely N-dealkylation sites (tertiary alicyclic amines) is 3. The van der Waals surface area contributed by atoms with Crippen molar-refractivity contribution in [2.45, 2.75) is 165 Å². The monoisotopic (exact) mass is 831 g/mol. The summed E-state index contributed by atoms with van der Waals surface area (Å²) in [6, 6.07) is 4.35. The third kappa shape index (κ3) is 20.3. The van der Waals surface area contributed by atoms with Gasteiger partial charge in [0.2, 0.25) is 0 Å². The molecule has 0 amide bonds. The maximum absolute atomic E-state index is 5.36. The fourth-order valence-electron chi connectivity index (χ4n) is 11.0. The Morgan fingerprint density at radius 2 is 0.644 bits per heavy atom. The molecule has 0 aromatic carbocycles. The maximum Gasteiger partial charge on any atom is 0.0594 e. The molecule has 5 unspecified atom stereocenters. The van der Waals surface area contributed by atoms with Gasteiger partial charge in [-0.2, -0.15) is 0 Å². The van der Waals surface area contributed by atoms with E-state index in [0.717, 1.165) is 56.5 Å². The van der Waals surface area contributed by atoms with Crippen LogP contribution in [0.4, 0.5) is 0 Å². The van der Waals surface area contributed by atoms with Gasteiger partial charge in [-0.1, -0.05) is 6.42 Å². The zero-order valence-corrected chi connectivity index (χ0v) is 39.0. The van der Waals surface area contributed by atoms with Gasteiger partial charge in [0.25, 0.3) is 0 Å². The molecule has 0 bridgehead atoms. The highest BCUT2D eigenvalue weighted by Crippen LogP contribution is 2.21. The molecule has 346 valence electrons. The lowest BCUT2D eigenvalue weighted by atomic mass is 10.0. The third-order valence-corrected chi connectivity index (χ3v) is 15.0. The van der Waals surface area contributed by atoms with Crippen LogP contribution in [0.3, 0.4) is 0 Å². The second-order valence-electron chi connectivity index (χ2n) is 19.5. The van der Waals surface area contributed by atoms with Gasteiger partial charge < -0.3 is 50.9 Å². The van der Waals surface area contributed by atoms with Gasteiger partial charge in [0, 0.05) is 43.3 Å². The normalized spacial score (nSPS) is 32.5. The Balaban J connectivity index is 0.000000141. The first-order chi connectivity index (χ1) is 29.2. The van der Waals surface area contributed by atoms with E-state index in [-0.39, 0.29) is 0 Å². The predicted octanol–water partition coefficient (Wildman–Crippen LogP) is 4.82. The van der Waals surface area contributed by atoms with Crippen LogP contribution in [0.5, 0.6) is 0 Å². The summed E-state index contributed by atoms with van der Waals surface area (Å²) in [4.78, 5) is 13.0. The standard InChI is InChI=1S/C11H22N2.C10H20N2O.C10H20N2.C9H18N2.C8H18N2/c1-2-9-13(10-3-1)11-5-4-7-12-8-6-11;1-2-10(3-5-11-4-1)12-6-8-13-9-7-12;1-2-9-12(8-1)10-4-3-6-11-7-5-10;1-3-9(4-6-10-5-1)11-7-2-8-11;1-10(2)8-4-3-6-9-7-5-8/h11-12H,1-10H2;10-11H,1-9H2;10-11H,1-9H2;9-10H,1-8H2;8-9H,3-7H2,1-2H3. The molecule has 9 heterocycles. The lowest BCUT2D eigenvalue weighted by Crippen LogP contribution is -2.45. The van der Waals surface area contributed by atoms with Crippen molar-refractivity contribution in [1.29, 1.82) is 0 Å². The second-order valence-corrected chi connectivity index (χ2v) is 19.5. The van der Waals surface area contributed by atoms with Crippen molar-refractivity contribution in [3.8, 4) is 0 Å². The van der Waals surface area contributed by atoms with E-state index < -0.39 is 0 Å². The van der Waals surface area contributed by atoms with E-state index >= 15 is 0 Å². The van der Waals surface area contributed by atoms with E-state index in [1.807, 2.05) is 0 Å². The summed E-state index contributed by atoms with van der Waals surface area (Å²) in [5.74, 6) is 0. The molecule has 0 saturated carbocycles. The van der Waals surface area contributed by atoms with Crippen LogP contribution in [0.25, 0.3) is 0 Å². The van der Waals surface area contributed by atoms with Crippen LogP contribution in [0.2, 0.25) is 0 Å². The van der Waals surface area contributed by atoms with Crippen molar-refractivity contribution in [3.05, 3.63) is 0 Å². The number of piperidine rings is 1. The molecule has 9 rings (SSSR count). The van der Waals surface area contributed by atoms with Crippen LogP contribution in [-0.4, -0.2) is 200 Å². The average Bonchev–Trinajstić information content (AvgIpc) is 3.74. The maximum atomic E-state index is 5.36. The molecule has 11 heteroatoms. The van der Waals surface area contributed by atoms with Gasteiger partial charge in [-0.05, 0) is 247 Å². The van der Waals surface area contributed by atoms with E-state index in [0.29, 0.717) is 0 Å². The van der Waals surface area contributed by atoms with Gasteiger partial charge in [0.15, 0.2) is 0 Å². The van der Waals surface area contributed by atoms with Crippen LogP contribution in [0.1, 0.15) is 135 Å². The molecule has 5 N–H and O–H groups in total. The lowest BCUT2D eigenvalue weighted by molar-refractivity contribution is 0.0141. The van der Waals surface area contributed by atoms with Crippen molar-refractivity contribution < 1.29 is 4.74 Å². The minimum absolute atomic E-state index is 0.815. The van der Waals surface area contributed by atoms with Gasteiger partial charge >= 0.3 is 0 Å². The molecule has 9 aliphatic heterocycles. The Kier molecular flexibility index (Phi) is 26.4. The highest BCUT2D eigenvalue weighted by Gasteiger charge is 2.25. The van der Waals surface area contributed by atoms with Crippen LogP contribution in [0.15, 0.2) is 0 Å². The fraction of sp³-hybridized carbons (Fsp3) is 1.00. The molecule has 9 fully saturated rings. The highest BCUT2D eigenvalue weighted by molar-refractivity contribution is 4.82. The average molecular weight is 831 g/mol. The Morgan fingerprint density at radius 1 is 0.322 bits per heavy atom. The molecule has 0 aromatic rings. The molecule has 0 aliphatic carbocycles. The molecular formula is C48H98N10O. The van der Waals surface area contributed by atoms with Crippen molar-refractivity contribution in [2.75, 3.05) is 145 Å². The summed E-state index contributed by atoms with van der Waals surface area (Å²) in [7, 11) is 4.35. The van der Waals surface area contributed by atoms with Crippen molar-refractivity contribution in [3.63, 3.8) is 0 Å². The topological polar surface area (TPSA) is 85.6 Å². The number of hydrogen-bond acceptors (Lipinski definition) is 11. The first kappa shape index (κ1) is 49.6. The number of morpholine rings is 1. The summed E-state index contributed by atoms with van der Waals surface area (Å²) in [5.41, 5.74) is 0. The second kappa shape index (κ2) is 31.4. The molecule has 0 spiro atoms. The fourth-order valence-corrected chi connectivity index (χ4v) is 11.0. The number of hydrogen-bond donors (Lipinski definition) is 5. The summed E-state index contributed by atoms with van der Waals surface area (Å²) in [6.07, 6.45) is 29.2. The SMILES string of the molecule is C1CCN(C2CCCNCC2)CC1.C1CNCCC(N2CCC2)C1.C1CNCCC(N2CCCC2)C1.C1CNCCC(N2CCOCC2)C1.CN(C)C1CCCNCC1. The van der Waals surface area contributed by atoms with Gasteiger partial charge in [0.1, 0.15) is 0 Å². The predicted molar refractivity (Wildman–Crippen MR) is 251 cm³/mol. The molecule has 0 radical (unpaired) electrons. The number of nitrogens with zero attached hydrogens (tertiary/aromatic N) is 5. The van der Waals surface area contributed by atoms with Crippen molar-refractivity contribution in [1.82, 2.24) is 51.1 Å². The molecule has 5 atom stereocenters. The minimum atomic E-state index is 0.815. The van der Waals surface area contributed by atoms with E-state index in [1.54, 1.807) is 0 Å². The smallest absolute Gasteiger partial charge is 0.0594 e. The zero-order valence-electron chi connectivity index (χ0n) is 39.0. The summed E-state index contributed by atoms with van der Waals surface area (Å²) < 4.78 is 5.36. The molecule has 11 nitrogen and oxygen atoms in total. The Labute approximate surface area is 365 Å². The van der Waals surface area contributed by atoms with Gasteiger partial charge in [-0.3, -0.25) is 4.90 Å². The highest BCUT2D eigenvalue weighted by atomic mass is 16.5. The summed E-state index contributed by atoms with van der Waals surface area (Å²) >= 11 is 0. The molecule has 9 saturated heterocycles. The van der Waals surface area contributed by atoms with Gasteiger partial charge in [-0.25, -0.2) is 0 Å². The summed E-state index contributed by atoms with van der Waals surface area (Å²) in [5, 5.41) is 17.3. The molecule has 59 heavy (non-hydrogen) atoms. The van der Waals surface area contributed by atoms with Gasteiger partial charge in [0.05, 0.1) is 13.2 Å². The Bertz CT molecular complexity index is 913. The lowest BCUT2D eigenvalue weighted by Gasteiger charge is -2.37. The van der Waals surface area contributed by atoms with E-state index in [2.05, 4.69) is 65.2 Å². The summed E-state index contributed by atoms with van der Waals surface area (Å²) in [6.45, 7) is 24.6. The van der Waals surface area contributed by atoms with Crippen LogP contribution in [0, 0.1) is 0 Å². The number of rotatable bonds is 5.